The standard InChI is InChI=1S/C23H21Cl3N6O/c1-33-20-11-15(6-8-19(20)31-12-21(26)27-13-31)28-23-29-22-17(4-2-3-9-32(22)30-23)16-7-5-14(24)10-18(16)25/h5-8,10-13,17H,2-4,9H2,1H3,(H,28,30)/t17-/m0/s1. The van der Waals surface area contributed by atoms with Gasteiger partial charge in [-0.3, -0.25) is 0 Å². The van der Waals surface area contributed by atoms with Crippen molar-refractivity contribution in [3.05, 3.63) is 75.5 Å². The monoisotopic (exact) mass is 502 g/mol. The molecule has 0 saturated carbocycles. The molecule has 1 aliphatic heterocycles. The van der Waals surface area contributed by atoms with Gasteiger partial charge in [0.05, 0.1) is 12.8 Å². The molecular formula is C23H21Cl3N6O. The highest BCUT2D eigenvalue weighted by Crippen LogP contribution is 2.37. The van der Waals surface area contributed by atoms with Gasteiger partial charge < -0.3 is 14.6 Å². The van der Waals surface area contributed by atoms with Gasteiger partial charge in [-0.25, -0.2) is 9.67 Å². The molecule has 0 radical (unpaired) electrons. The number of fused-ring (bicyclic) bond motifs is 1. The van der Waals surface area contributed by atoms with Crippen LogP contribution in [-0.4, -0.2) is 31.4 Å². The number of imidazole rings is 1. The van der Waals surface area contributed by atoms with E-state index in [0.29, 0.717) is 26.9 Å². The molecule has 4 aromatic rings. The molecular weight excluding hydrogens is 483 g/mol. The van der Waals surface area contributed by atoms with Gasteiger partial charge in [0.1, 0.15) is 23.1 Å². The second-order valence-electron chi connectivity index (χ2n) is 7.85. The maximum Gasteiger partial charge on any atom is 0.246 e. The van der Waals surface area contributed by atoms with Gasteiger partial charge in [0.2, 0.25) is 5.95 Å². The van der Waals surface area contributed by atoms with E-state index in [9.17, 15) is 0 Å². The summed E-state index contributed by atoms with van der Waals surface area (Å²) in [5.74, 6) is 2.15. The number of nitrogens with one attached hydrogen (secondary N) is 1. The Bertz CT molecular complexity index is 1300. The summed E-state index contributed by atoms with van der Waals surface area (Å²) in [5, 5.41) is 9.72. The Kier molecular flexibility index (Phi) is 6.19. The largest absolute Gasteiger partial charge is 0.494 e. The summed E-state index contributed by atoms with van der Waals surface area (Å²) >= 11 is 18.6. The van der Waals surface area contributed by atoms with Crippen LogP contribution < -0.4 is 10.1 Å². The van der Waals surface area contributed by atoms with Crippen LogP contribution in [0.4, 0.5) is 11.6 Å². The third-order valence-electron chi connectivity index (χ3n) is 5.73. The zero-order valence-corrected chi connectivity index (χ0v) is 20.1. The van der Waals surface area contributed by atoms with Crippen LogP contribution in [0.25, 0.3) is 5.69 Å². The van der Waals surface area contributed by atoms with E-state index in [1.807, 2.05) is 39.6 Å². The molecule has 1 atom stereocenters. The Hall–Kier alpha value is -2.74. The van der Waals surface area contributed by atoms with Gasteiger partial charge in [-0.15, -0.1) is 5.10 Å². The van der Waals surface area contributed by atoms with Crippen molar-refractivity contribution in [2.24, 2.45) is 0 Å². The van der Waals surface area contributed by atoms with Crippen molar-refractivity contribution >= 4 is 46.4 Å². The van der Waals surface area contributed by atoms with Gasteiger partial charge in [-0.1, -0.05) is 47.3 Å². The fourth-order valence-corrected chi connectivity index (χ4v) is 4.86. The van der Waals surface area contributed by atoms with Crippen LogP contribution in [0.1, 0.15) is 36.6 Å². The molecule has 0 fully saturated rings. The average Bonchev–Trinajstić information content (AvgIpc) is 3.35. The van der Waals surface area contributed by atoms with Crippen LogP contribution in [-0.2, 0) is 6.54 Å². The molecule has 5 rings (SSSR count). The molecule has 0 unspecified atom stereocenters. The van der Waals surface area contributed by atoms with Gasteiger partial charge in [0.25, 0.3) is 0 Å². The van der Waals surface area contributed by atoms with Gasteiger partial charge in [-0.2, -0.15) is 4.98 Å². The number of anilines is 2. The summed E-state index contributed by atoms with van der Waals surface area (Å²) in [6.45, 7) is 0.815. The molecule has 3 heterocycles. The third-order valence-corrected chi connectivity index (χ3v) is 6.49. The number of hydrogen-bond acceptors (Lipinski definition) is 5. The highest BCUT2D eigenvalue weighted by Gasteiger charge is 2.26. The van der Waals surface area contributed by atoms with Crippen LogP contribution >= 0.6 is 34.8 Å². The zero-order valence-electron chi connectivity index (χ0n) is 17.8. The Balaban J connectivity index is 1.45. The summed E-state index contributed by atoms with van der Waals surface area (Å²) < 4.78 is 9.36. The van der Waals surface area contributed by atoms with E-state index in [1.165, 1.54) is 0 Å². The van der Waals surface area contributed by atoms with Gasteiger partial charge in [0.15, 0.2) is 0 Å². The van der Waals surface area contributed by atoms with Crippen molar-refractivity contribution in [1.29, 1.82) is 0 Å². The normalized spacial score (nSPS) is 15.7. The van der Waals surface area contributed by atoms with Crippen molar-refractivity contribution in [3.8, 4) is 11.4 Å². The second kappa shape index (κ2) is 9.25. The molecule has 0 saturated heterocycles. The van der Waals surface area contributed by atoms with E-state index in [4.69, 9.17) is 49.6 Å². The minimum atomic E-state index is 0.0585. The zero-order chi connectivity index (χ0) is 22.9. The first kappa shape index (κ1) is 22.1. The minimum absolute atomic E-state index is 0.0585. The lowest BCUT2D eigenvalue weighted by atomic mass is 9.93. The quantitative estimate of drug-likeness (QED) is 0.337. The number of benzene rings is 2. The Morgan fingerprint density at radius 2 is 1.97 bits per heavy atom. The van der Waals surface area contributed by atoms with Crippen molar-refractivity contribution in [1.82, 2.24) is 24.3 Å². The predicted octanol–water partition coefficient (Wildman–Crippen LogP) is 6.49. The number of aryl methyl sites for hydroxylation is 1. The Labute approximate surface area is 206 Å². The molecule has 0 spiro atoms. The van der Waals surface area contributed by atoms with Crippen LogP contribution in [0, 0.1) is 0 Å². The van der Waals surface area contributed by atoms with Gasteiger partial charge >= 0.3 is 0 Å². The first-order chi connectivity index (χ1) is 16.0. The molecule has 10 heteroatoms. The average molecular weight is 504 g/mol. The Morgan fingerprint density at radius 1 is 1.09 bits per heavy atom. The van der Waals surface area contributed by atoms with E-state index < -0.39 is 0 Å². The van der Waals surface area contributed by atoms with Crippen LogP contribution in [0.2, 0.25) is 15.2 Å². The molecule has 1 N–H and O–H groups in total. The molecule has 2 aromatic heterocycles. The van der Waals surface area contributed by atoms with Crippen molar-refractivity contribution in [2.45, 2.75) is 31.7 Å². The molecule has 7 nitrogen and oxygen atoms in total. The maximum absolute atomic E-state index is 6.53. The molecule has 33 heavy (non-hydrogen) atoms. The van der Waals surface area contributed by atoms with Gasteiger partial charge in [0, 0.05) is 40.5 Å². The number of rotatable bonds is 5. The second-order valence-corrected chi connectivity index (χ2v) is 9.08. The number of hydrogen-bond donors (Lipinski definition) is 1. The topological polar surface area (TPSA) is 69.8 Å². The van der Waals surface area contributed by atoms with Crippen LogP contribution in [0.5, 0.6) is 5.75 Å². The third kappa shape index (κ3) is 4.53. The lowest BCUT2D eigenvalue weighted by molar-refractivity contribution is 0.413. The van der Waals surface area contributed by atoms with E-state index in [1.54, 1.807) is 25.7 Å². The first-order valence-corrected chi connectivity index (χ1v) is 11.7. The number of aromatic nitrogens is 5. The number of halogens is 3. The van der Waals surface area contributed by atoms with Gasteiger partial charge in [-0.05, 0) is 42.7 Å². The number of ether oxygens (including phenoxy) is 1. The van der Waals surface area contributed by atoms with E-state index >= 15 is 0 Å². The summed E-state index contributed by atoms with van der Waals surface area (Å²) in [7, 11) is 1.62. The summed E-state index contributed by atoms with van der Waals surface area (Å²) in [4.78, 5) is 8.91. The van der Waals surface area contributed by atoms with Crippen molar-refractivity contribution in [3.63, 3.8) is 0 Å². The molecule has 2 aromatic carbocycles. The fraction of sp³-hybridized carbons (Fsp3) is 0.261. The lowest BCUT2D eigenvalue weighted by Crippen LogP contribution is -2.09. The molecule has 0 amide bonds. The summed E-state index contributed by atoms with van der Waals surface area (Å²) in [6, 6.07) is 11.4. The van der Waals surface area contributed by atoms with Crippen molar-refractivity contribution in [2.75, 3.05) is 12.4 Å². The molecule has 1 aliphatic rings. The molecule has 170 valence electrons. The van der Waals surface area contributed by atoms with E-state index in [2.05, 4.69) is 10.3 Å². The molecule has 0 bridgehead atoms. The highest BCUT2D eigenvalue weighted by molar-refractivity contribution is 6.35. The number of nitrogens with zero attached hydrogens (tertiary/aromatic N) is 5. The molecule has 0 aliphatic carbocycles. The smallest absolute Gasteiger partial charge is 0.246 e. The van der Waals surface area contributed by atoms with E-state index in [-0.39, 0.29) is 5.92 Å². The maximum atomic E-state index is 6.53. The summed E-state index contributed by atoms with van der Waals surface area (Å²) in [6.07, 6.45) is 6.43. The number of methoxy groups -OCH3 is 1. The predicted molar refractivity (Wildman–Crippen MR) is 131 cm³/mol. The lowest BCUT2D eigenvalue weighted by Gasteiger charge is -2.16. The SMILES string of the molecule is COc1cc(Nc2nc3n(n2)CCCC[C@H]3c2ccc(Cl)cc2Cl)ccc1-n1cnc(Cl)c1. The van der Waals surface area contributed by atoms with Crippen molar-refractivity contribution < 1.29 is 4.74 Å². The van der Waals surface area contributed by atoms with E-state index in [0.717, 1.165) is 48.6 Å². The van der Waals surface area contributed by atoms with Crippen LogP contribution in [0.15, 0.2) is 48.9 Å². The first-order valence-electron chi connectivity index (χ1n) is 10.6. The summed E-state index contributed by atoms with van der Waals surface area (Å²) in [5.41, 5.74) is 2.66. The fourth-order valence-electron chi connectivity index (χ4n) is 4.18. The van der Waals surface area contributed by atoms with Crippen LogP contribution in [0.3, 0.4) is 0 Å². The minimum Gasteiger partial charge on any atom is -0.494 e. The highest BCUT2D eigenvalue weighted by atomic mass is 35.5. The Morgan fingerprint density at radius 3 is 2.73 bits per heavy atom.